The van der Waals surface area contributed by atoms with Crippen molar-refractivity contribution in [2.45, 2.75) is 19.3 Å². The Balaban J connectivity index is 2.27. The first kappa shape index (κ1) is 9.24. The summed E-state index contributed by atoms with van der Waals surface area (Å²) in [5.41, 5.74) is 1.09. The molecule has 1 aromatic heterocycles. The van der Waals surface area contributed by atoms with Gasteiger partial charge in [-0.1, -0.05) is 6.92 Å². The van der Waals surface area contributed by atoms with Crippen LogP contribution in [0, 0.1) is 5.92 Å². The van der Waals surface area contributed by atoms with Crippen LogP contribution in [0.5, 0.6) is 0 Å². The van der Waals surface area contributed by atoms with E-state index in [9.17, 15) is 4.79 Å². The standard InChI is InChI=1S/C10H14N2O2/c1-3-7-8(5-14-10(7)13)9-4-11-6-12(9)2/h4,6-8H,3,5H2,1-2H3. The van der Waals surface area contributed by atoms with Gasteiger partial charge in [-0.25, -0.2) is 4.98 Å². The Hall–Kier alpha value is -1.32. The fourth-order valence-electron chi connectivity index (χ4n) is 2.03. The molecule has 0 spiro atoms. The highest BCUT2D eigenvalue weighted by atomic mass is 16.5. The van der Waals surface area contributed by atoms with Gasteiger partial charge >= 0.3 is 5.97 Å². The quantitative estimate of drug-likeness (QED) is 0.662. The molecule has 0 amide bonds. The number of imidazole rings is 1. The van der Waals surface area contributed by atoms with E-state index in [2.05, 4.69) is 4.98 Å². The molecule has 0 radical (unpaired) electrons. The number of nitrogens with zero attached hydrogens (tertiary/aromatic N) is 2. The number of esters is 1. The molecule has 1 aliphatic heterocycles. The molecule has 2 heterocycles. The lowest BCUT2D eigenvalue weighted by Gasteiger charge is -2.13. The van der Waals surface area contributed by atoms with E-state index in [1.165, 1.54) is 0 Å². The molecule has 0 N–H and O–H groups in total. The number of rotatable bonds is 2. The predicted octanol–water partition coefficient (Wildman–Crippen LogP) is 1.09. The minimum absolute atomic E-state index is 0.00500. The van der Waals surface area contributed by atoms with Gasteiger partial charge in [-0.05, 0) is 6.42 Å². The summed E-state index contributed by atoms with van der Waals surface area (Å²) in [6.07, 6.45) is 4.40. The molecule has 1 aromatic rings. The Bertz CT molecular complexity index is 346. The predicted molar refractivity (Wildman–Crippen MR) is 50.7 cm³/mol. The largest absolute Gasteiger partial charge is 0.465 e. The normalized spacial score (nSPS) is 26.6. The third-order valence-electron chi connectivity index (χ3n) is 2.87. The second kappa shape index (κ2) is 3.44. The molecule has 1 aliphatic rings. The summed E-state index contributed by atoms with van der Waals surface area (Å²) < 4.78 is 7.02. The fourth-order valence-corrected chi connectivity index (χ4v) is 2.03. The molecule has 76 valence electrons. The summed E-state index contributed by atoms with van der Waals surface area (Å²) in [5.74, 6) is 0.115. The Morgan fingerprint density at radius 3 is 3.07 bits per heavy atom. The first-order chi connectivity index (χ1) is 6.74. The molecule has 4 nitrogen and oxygen atoms in total. The van der Waals surface area contributed by atoms with Crippen molar-refractivity contribution in [2.24, 2.45) is 13.0 Å². The Morgan fingerprint density at radius 2 is 2.50 bits per heavy atom. The van der Waals surface area contributed by atoms with Crippen molar-refractivity contribution in [3.8, 4) is 0 Å². The van der Waals surface area contributed by atoms with E-state index in [4.69, 9.17) is 4.74 Å². The van der Waals surface area contributed by atoms with Crippen LogP contribution >= 0.6 is 0 Å². The maximum atomic E-state index is 11.4. The van der Waals surface area contributed by atoms with Crippen molar-refractivity contribution >= 4 is 5.97 Å². The highest BCUT2D eigenvalue weighted by Gasteiger charge is 2.37. The van der Waals surface area contributed by atoms with Crippen LogP contribution in [0.3, 0.4) is 0 Å². The molecule has 1 fully saturated rings. The zero-order chi connectivity index (χ0) is 10.1. The molecular formula is C10H14N2O2. The number of carbonyl (C=O) groups is 1. The molecule has 2 rings (SSSR count). The van der Waals surface area contributed by atoms with Crippen molar-refractivity contribution in [1.82, 2.24) is 9.55 Å². The minimum Gasteiger partial charge on any atom is -0.465 e. The molecule has 0 saturated carbocycles. The van der Waals surface area contributed by atoms with Crippen LogP contribution in [0.25, 0.3) is 0 Å². The summed E-state index contributed by atoms with van der Waals surface area (Å²) >= 11 is 0. The van der Waals surface area contributed by atoms with E-state index in [0.29, 0.717) is 6.61 Å². The average Bonchev–Trinajstić information content (AvgIpc) is 2.71. The van der Waals surface area contributed by atoms with Gasteiger partial charge in [0.15, 0.2) is 0 Å². The summed E-state index contributed by atoms with van der Waals surface area (Å²) in [7, 11) is 1.94. The molecule has 2 unspecified atom stereocenters. The summed E-state index contributed by atoms with van der Waals surface area (Å²) in [5, 5.41) is 0. The molecular weight excluding hydrogens is 180 g/mol. The van der Waals surface area contributed by atoms with Crippen molar-refractivity contribution in [1.29, 1.82) is 0 Å². The molecule has 0 bridgehead atoms. The second-order valence-corrected chi connectivity index (χ2v) is 3.68. The van der Waals surface area contributed by atoms with Crippen LogP contribution in [-0.4, -0.2) is 22.1 Å². The van der Waals surface area contributed by atoms with Crippen LogP contribution in [0.4, 0.5) is 0 Å². The van der Waals surface area contributed by atoms with Gasteiger partial charge < -0.3 is 9.30 Å². The van der Waals surface area contributed by atoms with Crippen molar-refractivity contribution < 1.29 is 9.53 Å². The third kappa shape index (κ3) is 1.31. The molecule has 4 heteroatoms. The Morgan fingerprint density at radius 1 is 1.71 bits per heavy atom. The first-order valence-corrected chi connectivity index (χ1v) is 4.87. The fraction of sp³-hybridized carbons (Fsp3) is 0.600. The highest BCUT2D eigenvalue weighted by Crippen LogP contribution is 2.33. The van der Waals surface area contributed by atoms with E-state index in [1.807, 2.05) is 24.7 Å². The third-order valence-corrected chi connectivity index (χ3v) is 2.87. The van der Waals surface area contributed by atoms with Crippen LogP contribution in [-0.2, 0) is 16.6 Å². The first-order valence-electron chi connectivity index (χ1n) is 4.87. The number of aryl methyl sites for hydroxylation is 1. The van der Waals surface area contributed by atoms with E-state index in [-0.39, 0.29) is 17.8 Å². The van der Waals surface area contributed by atoms with Gasteiger partial charge in [-0.3, -0.25) is 4.79 Å². The smallest absolute Gasteiger partial charge is 0.309 e. The lowest BCUT2D eigenvalue weighted by Crippen LogP contribution is -2.15. The van der Waals surface area contributed by atoms with Crippen molar-refractivity contribution in [3.05, 3.63) is 18.2 Å². The summed E-state index contributed by atoms with van der Waals surface area (Å²) in [6, 6.07) is 0. The van der Waals surface area contributed by atoms with E-state index in [0.717, 1.165) is 12.1 Å². The van der Waals surface area contributed by atoms with E-state index < -0.39 is 0 Å². The van der Waals surface area contributed by atoms with Gasteiger partial charge in [0.2, 0.25) is 0 Å². The molecule has 14 heavy (non-hydrogen) atoms. The molecule has 0 aliphatic carbocycles. The van der Waals surface area contributed by atoms with Gasteiger partial charge in [0.1, 0.15) is 6.61 Å². The maximum absolute atomic E-state index is 11.4. The number of ether oxygens (including phenoxy) is 1. The zero-order valence-electron chi connectivity index (χ0n) is 8.43. The SMILES string of the molecule is CCC1C(=O)OCC1c1cncn1C. The molecule has 2 atom stereocenters. The average molecular weight is 194 g/mol. The maximum Gasteiger partial charge on any atom is 0.309 e. The van der Waals surface area contributed by atoms with Gasteiger partial charge in [0.25, 0.3) is 0 Å². The second-order valence-electron chi connectivity index (χ2n) is 3.68. The Labute approximate surface area is 82.9 Å². The van der Waals surface area contributed by atoms with Gasteiger partial charge in [-0.2, -0.15) is 0 Å². The summed E-state index contributed by atoms with van der Waals surface area (Å²) in [6.45, 7) is 2.51. The molecule has 0 aromatic carbocycles. The van der Waals surface area contributed by atoms with Crippen molar-refractivity contribution in [3.63, 3.8) is 0 Å². The van der Waals surface area contributed by atoms with Crippen molar-refractivity contribution in [2.75, 3.05) is 6.61 Å². The number of hydrogen-bond acceptors (Lipinski definition) is 3. The lowest BCUT2D eigenvalue weighted by atomic mass is 9.90. The van der Waals surface area contributed by atoms with Gasteiger partial charge in [-0.15, -0.1) is 0 Å². The number of aromatic nitrogens is 2. The lowest BCUT2D eigenvalue weighted by molar-refractivity contribution is -0.141. The van der Waals surface area contributed by atoms with E-state index in [1.54, 1.807) is 6.33 Å². The summed E-state index contributed by atoms with van der Waals surface area (Å²) in [4.78, 5) is 15.4. The minimum atomic E-state index is -0.0706. The van der Waals surface area contributed by atoms with E-state index >= 15 is 0 Å². The topological polar surface area (TPSA) is 44.1 Å². The van der Waals surface area contributed by atoms with Gasteiger partial charge in [0, 0.05) is 24.9 Å². The van der Waals surface area contributed by atoms with Crippen LogP contribution in [0.15, 0.2) is 12.5 Å². The van der Waals surface area contributed by atoms with Crippen LogP contribution < -0.4 is 0 Å². The Kier molecular flexibility index (Phi) is 2.27. The van der Waals surface area contributed by atoms with Gasteiger partial charge in [0.05, 0.1) is 12.2 Å². The zero-order valence-corrected chi connectivity index (χ0v) is 8.43. The number of hydrogen-bond donors (Lipinski definition) is 0. The van der Waals surface area contributed by atoms with Crippen LogP contribution in [0.1, 0.15) is 25.0 Å². The number of cyclic esters (lactones) is 1. The number of carbonyl (C=O) groups excluding carboxylic acids is 1. The molecule has 1 saturated heterocycles. The van der Waals surface area contributed by atoms with Crippen LogP contribution in [0.2, 0.25) is 0 Å². The monoisotopic (exact) mass is 194 g/mol. The highest BCUT2D eigenvalue weighted by molar-refractivity contribution is 5.75.